The molecular formula is C18H28Cl2N4O2. The van der Waals surface area contributed by atoms with Gasteiger partial charge in [-0.15, -0.1) is 24.8 Å². The number of nitrogens with one attached hydrogen (secondary N) is 1. The maximum atomic E-state index is 12.4. The molecule has 2 saturated heterocycles. The van der Waals surface area contributed by atoms with Crippen molar-refractivity contribution in [2.24, 2.45) is 11.7 Å². The van der Waals surface area contributed by atoms with E-state index in [9.17, 15) is 9.59 Å². The largest absolute Gasteiger partial charge is 0.368 e. The van der Waals surface area contributed by atoms with Gasteiger partial charge in [0.15, 0.2) is 0 Å². The van der Waals surface area contributed by atoms with Crippen molar-refractivity contribution in [3.8, 4) is 0 Å². The first-order valence-electron chi connectivity index (χ1n) is 8.77. The van der Waals surface area contributed by atoms with Crippen LogP contribution in [0.3, 0.4) is 0 Å². The van der Waals surface area contributed by atoms with Crippen LogP contribution >= 0.6 is 24.8 Å². The summed E-state index contributed by atoms with van der Waals surface area (Å²) in [5.41, 5.74) is 6.86. The SMILES string of the molecule is Cl.Cl.NC(=O)c1ccc(N2CCN(C(=O)CCC3CCNC3)CC2)cc1. The minimum atomic E-state index is -0.408. The number of nitrogens with zero attached hydrogens (tertiary/aromatic N) is 2. The maximum Gasteiger partial charge on any atom is 0.248 e. The standard InChI is InChI=1S/C18H26N4O2.2ClH/c19-18(24)15-2-4-16(5-3-15)21-9-11-22(12-10-21)17(23)6-1-14-7-8-20-13-14;;/h2-5,14,20H,1,6-13H2,(H2,19,24);2*1H. The second-order valence-electron chi connectivity index (χ2n) is 6.68. The Morgan fingerprint density at radius 1 is 1.08 bits per heavy atom. The molecule has 0 spiro atoms. The monoisotopic (exact) mass is 402 g/mol. The number of carbonyl (C=O) groups excluding carboxylic acids is 2. The first kappa shape index (κ1) is 22.5. The molecule has 8 heteroatoms. The summed E-state index contributed by atoms with van der Waals surface area (Å²) >= 11 is 0. The molecule has 2 amide bonds. The second kappa shape index (κ2) is 10.6. The van der Waals surface area contributed by atoms with Crippen molar-refractivity contribution in [1.82, 2.24) is 10.2 Å². The minimum absolute atomic E-state index is 0. The Morgan fingerprint density at radius 2 is 1.73 bits per heavy atom. The summed E-state index contributed by atoms with van der Waals surface area (Å²) in [4.78, 5) is 27.7. The third kappa shape index (κ3) is 5.76. The molecule has 1 unspecified atom stereocenters. The zero-order chi connectivity index (χ0) is 16.9. The molecule has 2 aliphatic heterocycles. The number of benzene rings is 1. The van der Waals surface area contributed by atoms with Gasteiger partial charge in [-0.3, -0.25) is 9.59 Å². The number of hydrogen-bond donors (Lipinski definition) is 2. The quantitative estimate of drug-likeness (QED) is 0.784. The molecule has 1 aromatic rings. The van der Waals surface area contributed by atoms with Crippen LogP contribution in [0.4, 0.5) is 5.69 Å². The summed E-state index contributed by atoms with van der Waals surface area (Å²) in [6.07, 6.45) is 2.86. The van der Waals surface area contributed by atoms with Gasteiger partial charge >= 0.3 is 0 Å². The number of anilines is 1. The van der Waals surface area contributed by atoms with Crippen molar-refractivity contribution in [1.29, 1.82) is 0 Å². The van der Waals surface area contributed by atoms with Gasteiger partial charge in [0, 0.05) is 43.9 Å². The van der Waals surface area contributed by atoms with Crippen LogP contribution in [0.15, 0.2) is 24.3 Å². The highest BCUT2D eigenvalue weighted by atomic mass is 35.5. The van der Waals surface area contributed by atoms with Crippen LogP contribution in [0.5, 0.6) is 0 Å². The van der Waals surface area contributed by atoms with Crippen LogP contribution < -0.4 is 16.0 Å². The molecule has 146 valence electrons. The molecule has 0 aromatic heterocycles. The summed E-state index contributed by atoms with van der Waals surface area (Å²) in [5.74, 6) is 0.541. The van der Waals surface area contributed by atoms with Crippen LogP contribution in [0.25, 0.3) is 0 Å². The summed E-state index contributed by atoms with van der Waals surface area (Å²) in [7, 11) is 0. The fourth-order valence-electron chi connectivity index (χ4n) is 3.50. The zero-order valence-corrected chi connectivity index (χ0v) is 16.5. The highest BCUT2D eigenvalue weighted by Gasteiger charge is 2.23. The van der Waals surface area contributed by atoms with E-state index < -0.39 is 5.91 Å². The Labute approximate surface area is 167 Å². The maximum absolute atomic E-state index is 12.4. The number of carbonyl (C=O) groups is 2. The molecule has 26 heavy (non-hydrogen) atoms. The van der Waals surface area contributed by atoms with E-state index >= 15 is 0 Å². The highest BCUT2D eigenvalue weighted by Crippen LogP contribution is 2.19. The fourth-order valence-corrected chi connectivity index (χ4v) is 3.50. The van der Waals surface area contributed by atoms with Crippen molar-refractivity contribution in [2.75, 3.05) is 44.2 Å². The van der Waals surface area contributed by atoms with Gasteiger partial charge in [-0.05, 0) is 56.1 Å². The lowest BCUT2D eigenvalue weighted by atomic mass is 10.0. The first-order valence-corrected chi connectivity index (χ1v) is 8.77. The zero-order valence-electron chi connectivity index (χ0n) is 14.9. The van der Waals surface area contributed by atoms with E-state index in [1.807, 2.05) is 17.0 Å². The van der Waals surface area contributed by atoms with Crippen molar-refractivity contribution in [2.45, 2.75) is 19.3 Å². The average molecular weight is 403 g/mol. The van der Waals surface area contributed by atoms with Gasteiger partial charge in [-0.25, -0.2) is 0 Å². The molecule has 2 heterocycles. The Balaban J connectivity index is 0.00000169. The van der Waals surface area contributed by atoms with Gasteiger partial charge in [0.2, 0.25) is 11.8 Å². The van der Waals surface area contributed by atoms with Gasteiger partial charge in [0.05, 0.1) is 0 Å². The lowest BCUT2D eigenvalue weighted by molar-refractivity contribution is -0.131. The Bertz CT molecular complexity index is 583. The second-order valence-corrected chi connectivity index (χ2v) is 6.68. The van der Waals surface area contributed by atoms with Crippen LogP contribution in [0.1, 0.15) is 29.6 Å². The number of rotatable bonds is 5. The summed E-state index contributed by atoms with van der Waals surface area (Å²) in [6.45, 7) is 5.33. The molecule has 0 radical (unpaired) electrons. The van der Waals surface area contributed by atoms with Crippen molar-refractivity contribution < 1.29 is 9.59 Å². The number of nitrogens with two attached hydrogens (primary N) is 1. The van der Waals surface area contributed by atoms with Crippen LogP contribution in [0.2, 0.25) is 0 Å². The molecular weight excluding hydrogens is 375 g/mol. The number of halogens is 2. The average Bonchev–Trinajstić information content (AvgIpc) is 3.13. The van der Waals surface area contributed by atoms with Crippen molar-refractivity contribution in [3.63, 3.8) is 0 Å². The molecule has 3 N–H and O–H groups in total. The van der Waals surface area contributed by atoms with E-state index in [1.54, 1.807) is 12.1 Å². The predicted molar refractivity (Wildman–Crippen MR) is 108 cm³/mol. The smallest absolute Gasteiger partial charge is 0.248 e. The Hall–Kier alpha value is -1.50. The van der Waals surface area contributed by atoms with Gasteiger partial charge in [-0.1, -0.05) is 0 Å². The van der Waals surface area contributed by atoms with Gasteiger partial charge in [-0.2, -0.15) is 0 Å². The number of piperazine rings is 1. The van der Waals surface area contributed by atoms with Gasteiger partial charge in [0.25, 0.3) is 0 Å². The van der Waals surface area contributed by atoms with E-state index in [-0.39, 0.29) is 30.7 Å². The molecule has 2 aliphatic rings. The predicted octanol–water partition coefficient (Wildman–Crippen LogP) is 1.67. The fraction of sp³-hybridized carbons (Fsp3) is 0.556. The first-order chi connectivity index (χ1) is 11.6. The number of amides is 2. The molecule has 3 rings (SSSR count). The van der Waals surface area contributed by atoms with Gasteiger partial charge in [0.1, 0.15) is 0 Å². The number of primary amides is 1. The molecule has 6 nitrogen and oxygen atoms in total. The normalized spacial score (nSPS) is 19.5. The molecule has 2 fully saturated rings. The van der Waals surface area contributed by atoms with Crippen molar-refractivity contribution >= 4 is 42.3 Å². The Morgan fingerprint density at radius 3 is 2.27 bits per heavy atom. The molecule has 0 bridgehead atoms. The molecule has 0 saturated carbocycles. The molecule has 0 aliphatic carbocycles. The third-order valence-corrected chi connectivity index (χ3v) is 5.08. The van der Waals surface area contributed by atoms with E-state index in [4.69, 9.17) is 5.73 Å². The van der Waals surface area contributed by atoms with Crippen LogP contribution in [-0.4, -0.2) is 56.0 Å². The van der Waals surface area contributed by atoms with Crippen LogP contribution in [-0.2, 0) is 4.79 Å². The minimum Gasteiger partial charge on any atom is -0.368 e. The molecule has 1 atom stereocenters. The lowest BCUT2D eigenvalue weighted by Gasteiger charge is -2.36. The van der Waals surface area contributed by atoms with E-state index in [2.05, 4.69) is 10.2 Å². The summed E-state index contributed by atoms with van der Waals surface area (Å²) in [5, 5.41) is 3.35. The highest BCUT2D eigenvalue weighted by molar-refractivity contribution is 5.93. The topological polar surface area (TPSA) is 78.7 Å². The summed E-state index contributed by atoms with van der Waals surface area (Å²) in [6, 6.07) is 7.35. The van der Waals surface area contributed by atoms with E-state index in [0.717, 1.165) is 51.4 Å². The lowest BCUT2D eigenvalue weighted by Crippen LogP contribution is -2.48. The summed E-state index contributed by atoms with van der Waals surface area (Å²) < 4.78 is 0. The van der Waals surface area contributed by atoms with E-state index in [1.165, 1.54) is 6.42 Å². The third-order valence-electron chi connectivity index (χ3n) is 5.08. The van der Waals surface area contributed by atoms with Gasteiger partial charge < -0.3 is 20.9 Å². The Kier molecular flexibility index (Phi) is 9.19. The number of hydrogen-bond acceptors (Lipinski definition) is 4. The van der Waals surface area contributed by atoms with Crippen LogP contribution in [0, 0.1) is 5.92 Å². The van der Waals surface area contributed by atoms with E-state index in [0.29, 0.717) is 17.9 Å². The molecule has 1 aromatic carbocycles. The van der Waals surface area contributed by atoms with Crippen molar-refractivity contribution in [3.05, 3.63) is 29.8 Å².